The first kappa shape index (κ1) is 17.2. The lowest BCUT2D eigenvalue weighted by Crippen LogP contribution is -2.43. The standard InChI is InChI=1S/C22H18N2O3S/c25-21(15-7-2-1-3-8-15)23-22(28)24-20-16(13-27-24)12-26-18-11-10-14-6-4-5-9-17(14)19(18)20/h1-11,16,20H,12-13H2,(H,23,25,28)/t16-,20+/m0/s1. The van der Waals surface area contributed by atoms with Gasteiger partial charge in [-0.2, -0.15) is 0 Å². The molecule has 1 N–H and O–H groups in total. The minimum atomic E-state index is -0.247. The van der Waals surface area contributed by atoms with Crippen LogP contribution >= 0.6 is 12.2 Å². The highest BCUT2D eigenvalue weighted by Crippen LogP contribution is 2.46. The third kappa shape index (κ3) is 2.82. The van der Waals surface area contributed by atoms with Crippen molar-refractivity contribution >= 4 is 34.0 Å². The van der Waals surface area contributed by atoms with Crippen molar-refractivity contribution < 1.29 is 14.4 Å². The summed E-state index contributed by atoms with van der Waals surface area (Å²) >= 11 is 5.54. The van der Waals surface area contributed by atoms with Crippen molar-refractivity contribution in [3.8, 4) is 5.75 Å². The van der Waals surface area contributed by atoms with E-state index in [0.717, 1.165) is 22.1 Å². The van der Waals surface area contributed by atoms with E-state index in [1.165, 1.54) is 0 Å². The van der Waals surface area contributed by atoms with Crippen LogP contribution in [-0.2, 0) is 4.84 Å². The van der Waals surface area contributed by atoms with Crippen molar-refractivity contribution in [3.63, 3.8) is 0 Å². The lowest BCUT2D eigenvalue weighted by atomic mass is 9.88. The summed E-state index contributed by atoms with van der Waals surface area (Å²) in [5.41, 5.74) is 1.61. The van der Waals surface area contributed by atoms with Crippen LogP contribution in [0.1, 0.15) is 22.0 Å². The molecule has 0 unspecified atom stereocenters. The highest BCUT2D eigenvalue weighted by molar-refractivity contribution is 7.80. The van der Waals surface area contributed by atoms with Crippen LogP contribution in [0.4, 0.5) is 0 Å². The van der Waals surface area contributed by atoms with Gasteiger partial charge in [0.15, 0.2) is 0 Å². The number of carbonyl (C=O) groups is 1. The van der Waals surface area contributed by atoms with Gasteiger partial charge < -0.3 is 4.74 Å². The Morgan fingerprint density at radius 3 is 2.64 bits per heavy atom. The molecule has 6 heteroatoms. The largest absolute Gasteiger partial charge is 0.493 e. The number of amides is 1. The molecule has 5 rings (SSSR count). The maximum Gasteiger partial charge on any atom is 0.257 e. The van der Waals surface area contributed by atoms with E-state index >= 15 is 0 Å². The van der Waals surface area contributed by atoms with E-state index in [2.05, 4.69) is 23.5 Å². The summed E-state index contributed by atoms with van der Waals surface area (Å²) < 4.78 is 5.99. The Morgan fingerprint density at radius 1 is 1.00 bits per heavy atom. The molecular weight excluding hydrogens is 372 g/mol. The number of hydrogen-bond donors (Lipinski definition) is 1. The average molecular weight is 390 g/mol. The summed E-state index contributed by atoms with van der Waals surface area (Å²) in [5, 5.41) is 6.98. The summed E-state index contributed by atoms with van der Waals surface area (Å²) in [6.07, 6.45) is 0. The second-order valence-corrected chi connectivity index (χ2v) is 7.35. The number of fused-ring (bicyclic) bond motifs is 5. The number of benzene rings is 3. The van der Waals surface area contributed by atoms with Gasteiger partial charge in [-0.25, -0.2) is 5.06 Å². The van der Waals surface area contributed by atoms with Gasteiger partial charge in [0, 0.05) is 17.0 Å². The Labute approximate surface area is 167 Å². The van der Waals surface area contributed by atoms with E-state index in [1.54, 1.807) is 17.2 Å². The monoisotopic (exact) mass is 390 g/mol. The van der Waals surface area contributed by atoms with Crippen LogP contribution in [0.5, 0.6) is 5.75 Å². The smallest absolute Gasteiger partial charge is 0.257 e. The molecule has 1 saturated heterocycles. The van der Waals surface area contributed by atoms with E-state index < -0.39 is 0 Å². The third-order valence-electron chi connectivity index (χ3n) is 5.26. The quantitative estimate of drug-likeness (QED) is 0.640. The maximum absolute atomic E-state index is 12.5. The van der Waals surface area contributed by atoms with Crippen molar-refractivity contribution in [2.24, 2.45) is 5.92 Å². The number of rotatable bonds is 1. The van der Waals surface area contributed by atoms with E-state index in [-0.39, 0.29) is 23.0 Å². The first-order chi connectivity index (χ1) is 13.7. The zero-order chi connectivity index (χ0) is 19.1. The Bertz CT molecular complexity index is 1070. The molecule has 2 atom stereocenters. The second-order valence-electron chi connectivity index (χ2n) is 6.96. The summed E-state index contributed by atoms with van der Waals surface area (Å²) in [4.78, 5) is 18.4. The van der Waals surface area contributed by atoms with Crippen LogP contribution < -0.4 is 10.1 Å². The molecule has 0 aromatic heterocycles. The summed E-state index contributed by atoms with van der Waals surface area (Å²) in [7, 11) is 0. The third-order valence-corrected chi connectivity index (χ3v) is 5.54. The maximum atomic E-state index is 12.5. The van der Waals surface area contributed by atoms with Crippen LogP contribution in [0.2, 0.25) is 0 Å². The molecule has 0 spiro atoms. The highest BCUT2D eigenvalue weighted by atomic mass is 32.1. The van der Waals surface area contributed by atoms with Crippen molar-refractivity contribution in [2.45, 2.75) is 6.04 Å². The minimum Gasteiger partial charge on any atom is -0.493 e. The summed E-state index contributed by atoms with van der Waals surface area (Å²) in [6, 6.07) is 21.2. The Balaban J connectivity index is 1.49. The highest BCUT2D eigenvalue weighted by Gasteiger charge is 2.44. The molecule has 3 aromatic rings. The van der Waals surface area contributed by atoms with E-state index in [9.17, 15) is 4.79 Å². The predicted molar refractivity (Wildman–Crippen MR) is 110 cm³/mol. The normalized spacial score (nSPS) is 20.2. The topological polar surface area (TPSA) is 50.8 Å². The van der Waals surface area contributed by atoms with Gasteiger partial charge in [0.05, 0.1) is 19.3 Å². The molecule has 5 nitrogen and oxygen atoms in total. The molecule has 0 aliphatic carbocycles. The molecule has 1 fully saturated rings. The molecule has 2 aliphatic heterocycles. The lowest BCUT2D eigenvalue weighted by Gasteiger charge is -2.33. The SMILES string of the molecule is O=C(NC(=S)N1OC[C@@H]2COc3ccc4ccccc4c3[C@@H]21)c1ccccc1. The van der Waals surface area contributed by atoms with Gasteiger partial charge in [-0.05, 0) is 41.2 Å². The molecule has 0 bridgehead atoms. The number of hydrogen-bond acceptors (Lipinski definition) is 4. The zero-order valence-corrected chi connectivity index (χ0v) is 15.8. The molecule has 0 radical (unpaired) electrons. The van der Waals surface area contributed by atoms with E-state index in [1.807, 2.05) is 36.4 Å². The lowest BCUT2D eigenvalue weighted by molar-refractivity contribution is -0.0663. The number of ether oxygens (including phenoxy) is 1. The number of hydroxylamine groups is 2. The Morgan fingerprint density at radius 2 is 1.79 bits per heavy atom. The number of nitrogens with zero attached hydrogens (tertiary/aromatic N) is 1. The summed E-state index contributed by atoms with van der Waals surface area (Å²) in [6.45, 7) is 1.05. The summed E-state index contributed by atoms with van der Waals surface area (Å²) in [5.74, 6) is 0.736. The van der Waals surface area contributed by atoms with Crippen LogP contribution in [-0.4, -0.2) is 29.3 Å². The molecule has 2 heterocycles. The van der Waals surface area contributed by atoms with Crippen molar-refractivity contribution in [1.82, 2.24) is 10.4 Å². The molecule has 0 saturated carbocycles. The van der Waals surface area contributed by atoms with Crippen molar-refractivity contribution in [1.29, 1.82) is 0 Å². The van der Waals surface area contributed by atoms with Gasteiger partial charge in [0.2, 0.25) is 5.11 Å². The van der Waals surface area contributed by atoms with Gasteiger partial charge in [-0.15, -0.1) is 0 Å². The van der Waals surface area contributed by atoms with Gasteiger partial charge in [0.1, 0.15) is 5.75 Å². The predicted octanol–water partition coefficient (Wildman–Crippen LogP) is 3.85. The molecule has 3 aromatic carbocycles. The Hall–Kier alpha value is -2.96. The van der Waals surface area contributed by atoms with Crippen LogP contribution in [0.15, 0.2) is 66.7 Å². The molecular formula is C22H18N2O3S. The van der Waals surface area contributed by atoms with Gasteiger partial charge in [-0.3, -0.25) is 14.9 Å². The molecule has 2 aliphatic rings. The van der Waals surface area contributed by atoms with Crippen LogP contribution in [0, 0.1) is 5.92 Å². The fourth-order valence-electron chi connectivity index (χ4n) is 3.93. The average Bonchev–Trinajstić information content (AvgIpc) is 3.18. The number of nitrogens with one attached hydrogen (secondary N) is 1. The van der Waals surface area contributed by atoms with Gasteiger partial charge in [-0.1, -0.05) is 48.5 Å². The molecule has 140 valence electrons. The fraction of sp³-hybridized carbons (Fsp3) is 0.182. The van der Waals surface area contributed by atoms with Gasteiger partial charge in [0.25, 0.3) is 5.91 Å². The van der Waals surface area contributed by atoms with Crippen molar-refractivity contribution in [3.05, 3.63) is 77.9 Å². The van der Waals surface area contributed by atoms with E-state index in [4.69, 9.17) is 21.8 Å². The number of thiocarbonyl (C=S) groups is 1. The van der Waals surface area contributed by atoms with Crippen LogP contribution in [0.3, 0.4) is 0 Å². The van der Waals surface area contributed by atoms with Gasteiger partial charge >= 0.3 is 0 Å². The molecule has 28 heavy (non-hydrogen) atoms. The minimum absolute atomic E-state index is 0.0987. The Kier molecular flexibility index (Phi) is 4.22. The van der Waals surface area contributed by atoms with Crippen LogP contribution in [0.25, 0.3) is 10.8 Å². The first-order valence-electron chi connectivity index (χ1n) is 9.19. The van der Waals surface area contributed by atoms with E-state index in [0.29, 0.717) is 18.8 Å². The van der Waals surface area contributed by atoms with Crippen molar-refractivity contribution in [2.75, 3.05) is 13.2 Å². The first-order valence-corrected chi connectivity index (χ1v) is 9.60. The fourth-order valence-corrected chi connectivity index (χ4v) is 4.19. The number of carbonyl (C=O) groups excluding carboxylic acids is 1. The molecule has 1 amide bonds. The second kappa shape index (κ2) is 6.89. The zero-order valence-electron chi connectivity index (χ0n) is 15.0.